The third-order valence-electron chi connectivity index (χ3n) is 3.95. The minimum atomic E-state index is -0.264. The molecule has 2 amide bonds. The van der Waals surface area contributed by atoms with Crippen LogP contribution in [0.15, 0.2) is 43.0 Å². The molecule has 0 bridgehead atoms. The first-order chi connectivity index (χ1) is 12.4. The minimum Gasteiger partial charge on any atom is -0.323 e. The van der Waals surface area contributed by atoms with Gasteiger partial charge in [-0.2, -0.15) is 5.10 Å². The van der Waals surface area contributed by atoms with Gasteiger partial charge in [-0.15, -0.1) is 0 Å². The van der Waals surface area contributed by atoms with Crippen molar-refractivity contribution in [3.63, 3.8) is 0 Å². The van der Waals surface area contributed by atoms with Crippen molar-refractivity contribution in [2.75, 3.05) is 10.6 Å². The summed E-state index contributed by atoms with van der Waals surface area (Å²) in [5.41, 5.74) is 2.51. The lowest BCUT2D eigenvalue weighted by molar-refractivity contribution is -0.115. The molecule has 0 saturated heterocycles. The topological polar surface area (TPSA) is 76.0 Å². The van der Waals surface area contributed by atoms with Crippen molar-refractivity contribution in [2.24, 2.45) is 13.0 Å². The predicted molar refractivity (Wildman–Crippen MR) is 104 cm³/mol. The second kappa shape index (κ2) is 8.99. The molecule has 26 heavy (non-hydrogen) atoms. The minimum absolute atomic E-state index is 0.105. The summed E-state index contributed by atoms with van der Waals surface area (Å²) in [5.74, 6) is 0.948. The molecule has 1 aromatic heterocycles. The fourth-order valence-electron chi connectivity index (χ4n) is 2.47. The normalized spacial score (nSPS) is 10.6. The molecule has 0 atom stereocenters. The summed E-state index contributed by atoms with van der Waals surface area (Å²) >= 11 is 0. The van der Waals surface area contributed by atoms with Crippen molar-refractivity contribution < 1.29 is 9.59 Å². The molecule has 6 nitrogen and oxygen atoms in total. The van der Waals surface area contributed by atoms with Gasteiger partial charge in [0.1, 0.15) is 5.82 Å². The van der Waals surface area contributed by atoms with Gasteiger partial charge in [-0.3, -0.25) is 14.3 Å². The first-order valence-corrected chi connectivity index (χ1v) is 8.72. The van der Waals surface area contributed by atoms with Gasteiger partial charge in [-0.1, -0.05) is 32.6 Å². The zero-order valence-electron chi connectivity index (χ0n) is 15.6. The number of benzene rings is 1. The molecule has 0 fully saturated rings. The number of nitrogens with one attached hydrogen (secondary N) is 2. The number of carbonyl (C=O) groups excluding carboxylic acids is 2. The Morgan fingerprint density at radius 1 is 1.23 bits per heavy atom. The van der Waals surface area contributed by atoms with Crippen LogP contribution in [0.1, 0.15) is 31.5 Å². The third-order valence-corrected chi connectivity index (χ3v) is 3.95. The van der Waals surface area contributed by atoms with Gasteiger partial charge in [-0.05, 0) is 42.5 Å². The molecule has 0 saturated carbocycles. The monoisotopic (exact) mass is 354 g/mol. The highest BCUT2D eigenvalue weighted by Gasteiger charge is 2.10. The van der Waals surface area contributed by atoms with Crippen LogP contribution in [-0.2, 0) is 29.5 Å². The second-order valence-electron chi connectivity index (χ2n) is 6.69. The first-order valence-electron chi connectivity index (χ1n) is 8.72. The molecule has 0 radical (unpaired) electrons. The van der Waals surface area contributed by atoms with Gasteiger partial charge in [0.25, 0.3) is 0 Å². The van der Waals surface area contributed by atoms with Gasteiger partial charge < -0.3 is 10.6 Å². The molecule has 2 aromatic rings. The Hall–Kier alpha value is -2.89. The maximum atomic E-state index is 12.3. The molecule has 2 N–H and O–H groups in total. The lowest BCUT2D eigenvalue weighted by Crippen LogP contribution is -2.16. The fourth-order valence-corrected chi connectivity index (χ4v) is 2.47. The Morgan fingerprint density at radius 3 is 2.54 bits per heavy atom. The molecule has 0 unspecified atom stereocenters. The quantitative estimate of drug-likeness (QED) is 0.714. The highest BCUT2D eigenvalue weighted by molar-refractivity contribution is 5.98. The van der Waals surface area contributed by atoms with Crippen LogP contribution in [0.25, 0.3) is 0 Å². The van der Waals surface area contributed by atoms with E-state index in [-0.39, 0.29) is 18.2 Å². The Morgan fingerprint density at radius 2 is 1.92 bits per heavy atom. The first kappa shape index (κ1) is 19.4. The highest BCUT2D eigenvalue weighted by atomic mass is 16.2. The number of aromatic nitrogens is 2. The number of hydrogen-bond acceptors (Lipinski definition) is 3. The van der Waals surface area contributed by atoms with E-state index in [4.69, 9.17) is 0 Å². The molecule has 0 aliphatic heterocycles. The highest BCUT2D eigenvalue weighted by Crippen LogP contribution is 2.15. The molecule has 138 valence electrons. The van der Waals surface area contributed by atoms with E-state index in [0.717, 1.165) is 24.1 Å². The second-order valence-corrected chi connectivity index (χ2v) is 6.69. The molecular weight excluding hydrogens is 328 g/mol. The van der Waals surface area contributed by atoms with Crippen LogP contribution in [0.4, 0.5) is 11.5 Å². The summed E-state index contributed by atoms with van der Waals surface area (Å²) in [4.78, 5) is 23.5. The molecule has 1 aromatic carbocycles. The number of anilines is 2. The van der Waals surface area contributed by atoms with Gasteiger partial charge in [0.2, 0.25) is 11.8 Å². The Kier molecular flexibility index (Phi) is 6.72. The zero-order valence-corrected chi connectivity index (χ0v) is 15.6. The van der Waals surface area contributed by atoms with E-state index in [1.807, 2.05) is 25.2 Å². The fraction of sp³-hybridized carbons (Fsp3) is 0.350. The van der Waals surface area contributed by atoms with Crippen LogP contribution in [0.2, 0.25) is 0 Å². The zero-order chi connectivity index (χ0) is 19.1. The van der Waals surface area contributed by atoms with E-state index in [0.29, 0.717) is 17.4 Å². The Bertz CT molecular complexity index is 776. The molecule has 0 spiro atoms. The maximum Gasteiger partial charge on any atom is 0.247 e. The van der Waals surface area contributed by atoms with E-state index in [9.17, 15) is 9.59 Å². The van der Waals surface area contributed by atoms with E-state index >= 15 is 0 Å². The standard InChI is InChI=1S/C20H26N4O2/c1-5-19(25)21-16-10-7-15(8-11-16)12-20(26)22-18-13-17(23-24(18)4)9-6-14(2)3/h5,7-8,10-11,13-14H,1,6,9,12H2,2-4H3,(H,21,25)(H,22,26). The summed E-state index contributed by atoms with van der Waals surface area (Å²) in [6.45, 7) is 7.77. The molecule has 0 aliphatic rings. The van der Waals surface area contributed by atoms with Gasteiger partial charge >= 0.3 is 0 Å². The molecule has 0 aliphatic carbocycles. The molecule has 2 rings (SSSR count). The van der Waals surface area contributed by atoms with Crippen LogP contribution in [-0.4, -0.2) is 21.6 Å². The lowest BCUT2D eigenvalue weighted by Gasteiger charge is -2.06. The van der Waals surface area contributed by atoms with Crippen LogP contribution >= 0.6 is 0 Å². The van der Waals surface area contributed by atoms with E-state index in [1.54, 1.807) is 16.8 Å². The van der Waals surface area contributed by atoms with Crippen molar-refractivity contribution in [3.8, 4) is 0 Å². The Labute approximate surface area is 154 Å². The number of hydrogen-bond donors (Lipinski definition) is 2. The molecule has 1 heterocycles. The Balaban J connectivity index is 1.92. The van der Waals surface area contributed by atoms with Gasteiger partial charge in [0.15, 0.2) is 0 Å². The van der Waals surface area contributed by atoms with E-state index in [2.05, 4.69) is 36.2 Å². The van der Waals surface area contributed by atoms with Crippen molar-refractivity contribution >= 4 is 23.3 Å². The molecular formula is C20H26N4O2. The summed E-state index contributed by atoms with van der Waals surface area (Å²) in [6, 6.07) is 9.08. The third kappa shape index (κ3) is 5.88. The number of nitrogens with zero attached hydrogens (tertiary/aromatic N) is 2. The van der Waals surface area contributed by atoms with E-state index in [1.165, 1.54) is 6.08 Å². The summed E-state index contributed by atoms with van der Waals surface area (Å²) in [7, 11) is 1.82. The number of carbonyl (C=O) groups is 2. The summed E-state index contributed by atoms with van der Waals surface area (Å²) in [5, 5.41) is 10.0. The van der Waals surface area contributed by atoms with Crippen LogP contribution < -0.4 is 10.6 Å². The predicted octanol–water partition coefficient (Wildman–Crippen LogP) is 3.31. The average Bonchev–Trinajstić information content (AvgIpc) is 2.94. The average molecular weight is 354 g/mol. The largest absolute Gasteiger partial charge is 0.323 e. The lowest BCUT2D eigenvalue weighted by atomic mass is 10.1. The van der Waals surface area contributed by atoms with Crippen LogP contribution in [0.3, 0.4) is 0 Å². The van der Waals surface area contributed by atoms with Crippen molar-refractivity contribution in [3.05, 3.63) is 54.2 Å². The summed E-state index contributed by atoms with van der Waals surface area (Å²) < 4.78 is 1.70. The van der Waals surface area contributed by atoms with E-state index < -0.39 is 0 Å². The summed E-state index contributed by atoms with van der Waals surface area (Å²) in [6.07, 6.45) is 3.44. The maximum absolute atomic E-state index is 12.3. The van der Waals surface area contributed by atoms with Crippen molar-refractivity contribution in [2.45, 2.75) is 33.1 Å². The van der Waals surface area contributed by atoms with Crippen LogP contribution in [0.5, 0.6) is 0 Å². The van der Waals surface area contributed by atoms with Gasteiger partial charge in [0, 0.05) is 18.8 Å². The number of amides is 2. The van der Waals surface area contributed by atoms with Gasteiger partial charge in [0.05, 0.1) is 12.1 Å². The van der Waals surface area contributed by atoms with Crippen molar-refractivity contribution in [1.29, 1.82) is 0 Å². The van der Waals surface area contributed by atoms with Crippen molar-refractivity contribution in [1.82, 2.24) is 9.78 Å². The molecule has 6 heteroatoms. The smallest absolute Gasteiger partial charge is 0.247 e. The SMILES string of the molecule is C=CC(=O)Nc1ccc(CC(=O)Nc2cc(CCC(C)C)nn2C)cc1. The van der Waals surface area contributed by atoms with Gasteiger partial charge in [-0.25, -0.2) is 0 Å². The number of aryl methyl sites for hydroxylation is 2. The number of rotatable bonds is 8. The van der Waals surface area contributed by atoms with Crippen LogP contribution in [0, 0.1) is 5.92 Å².